The number of allylic oxidation sites excluding steroid dienone is 8. The minimum Gasteiger partial charge on any atom is -0.462 e. The van der Waals surface area contributed by atoms with Crippen molar-refractivity contribution in [1.82, 2.24) is 0 Å². The normalized spacial score (nSPS) is 12.3. The van der Waals surface area contributed by atoms with E-state index in [2.05, 4.69) is 69.4 Å². The molecule has 0 aromatic rings. The molecule has 78 heavy (non-hydrogen) atoms. The Labute approximate surface area is 486 Å². The van der Waals surface area contributed by atoms with Crippen molar-refractivity contribution < 1.29 is 28.6 Å². The van der Waals surface area contributed by atoms with E-state index in [-0.39, 0.29) is 31.1 Å². The van der Waals surface area contributed by atoms with Crippen LogP contribution in [0.15, 0.2) is 48.6 Å². The van der Waals surface area contributed by atoms with Crippen LogP contribution < -0.4 is 0 Å². The Morgan fingerprint density at radius 1 is 0.269 bits per heavy atom. The van der Waals surface area contributed by atoms with Gasteiger partial charge in [0.15, 0.2) is 6.10 Å². The first-order valence-corrected chi connectivity index (χ1v) is 34.6. The zero-order valence-corrected chi connectivity index (χ0v) is 52.5. The van der Waals surface area contributed by atoms with Gasteiger partial charge in [0.25, 0.3) is 0 Å². The molecule has 6 nitrogen and oxygen atoms in total. The highest BCUT2D eigenvalue weighted by Crippen LogP contribution is 2.18. The van der Waals surface area contributed by atoms with Crippen LogP contribution in [0.4, 0.5) is 0 Å². The van der Waals surface area contributed by atoms with Crippen molar-refractivity contribution in [1.29, 1.82) is 0 Å². The first-order valence-electron chi connectivity index (χ1n) is 34.6. The maximum atomic E-state index is 12.9. The lowest BCUT2D eigenvalue weighted by molar-refractivity contribution is -0.167. The van der Waals surface area contributed by atoms with Crippen molar-refractivity contribution in [2.24, 2.45) is 0 Å². The Morgan fingerprint density at radius 2 is 0.500 bits per heavy atom. The summed E-state index contributed by atoms with van der Waals surface area (Å²) in [7, 11) is 0. The van der Waals surface area contributed by atoms with E-state index in [1.54, 1.807) is 0 Å². The average Bonchev–Trinajstić information content (AvgIpc) is 3.44. The van der Waals surface area contributed by atoms with Gasteiger partial charge in [-0.25, -0.2) is 0 Å². The second kappa shape index (κ2) is 66.9. The quantitative estimate of drug-likeness (QED) is 0.0261. The Balaban J connectivity index is 4.26. The van der Waals surface area contributed by atoms with Crippen molar-refractivity contribution in [3.05, 3.63) is 48.6 Å². The van der Waals surface area contributed by atoms with Crippen LogP contribution in [0.2, 0.25) is 0 Å². The van der Waals surface area contributed by atoms with Crippen molar-refractivity contribution in [3.63, 3.8) is 0 Å². The van der Waals surface area contributed by atoms with Gasteiger partial charge in [0.05, 0.1) is 0 Å². The lowest BCUT2D eigenvalue weighted by atomic mass is 10.0. The molecule has 0 fully saturated rings. The van der Waals surface area contributed by atoms with Crippen molar-refractivity contribution in [2.45, 2.75) is 380 Å². The number of ether oxygens (including phenoxy) is 3. The molecule has 0 N–H and O–H groups in total. The SMILES string of the molecule is CC/C=C\C/C=C\C/C=C\CCCCCCCC(=O)OCC(COC(=O)CCCCCCCCCCCCCCCCCCCCCCCCCCCC)OC(=O)CCCCCCCCCCC/C=C\CCCCCCCC. The fraction of sp³-hybridized carbons (Fsp3) is 0.847. The molecule has 0 aromatic carbocycles. The summed E-state index contributed by atoms with van der Waals surface area (Å²) in [5.41, 5.74) is 0. The highest BCUT2D eigenvalue weighted by atomic mass is 16.6. The summed E-state index contributed by atoms with van der Waals surface area (Å²) in [6.45, 7) is 6.58. The van der Waals surface area contributed by atoms with Crippen LogP contribution >= 0.6 is 0 Å². The predicted octanol–water partition coefficient (Wildman–Crippen LogP) is 23.7. The summed E-state index contributed by atoms with van der Waals surface area (Å²) < 4.78 is 17.0. The van der Waals surface area contributed by atoms with Gasteiger partial charge in [0.1, 0.15) is 13.2 Å². The van der Waals surface area contributed by atoms with Gasteiger partial charge in [0.2, 0.25) is 0 Å². The lowest BCUT2D eigenvalue weighted by Gasteiger charge is -2.18. The standard InChI is InChI=1S/C72H132O6/c1-4-7-10-13-16-19-22-25-28-30-32-33-34-35-36-37-38-40-41-44-47-50-53-56-59-62-65-71(74)77-68-69(67-76-70(73)64-61-58-55-52-49-46-43-27-24-21-18-15-12-9-6-3)78-72(75)66-63-60-57-54-51-48-45-42-39-31-29-26-23-20-17-14-11-8-5-2/h9,12,18,21,26-27,29,43,69H,4-8,10-11,13-17,19-20,22-25,28,30-42,44-68H2,1-3H3/b12-9-,21-18-,29-26-,43-27-. The fourth-order valence-corrected chi connectivity index (χ4v) is 10.4. The van der Waals surface area contributed by atoms with Gasteiger partial charge in [0, 0.05) is 19.3 Å². The van der Waals surface area contributed by atoms with Crippen LogP contribution in [0.25, 0.3) is 0 Å². The zero-order chi connectivity index (χ0) is 56.4. The molecule has 0 spiro atoms. The number of hydrogen-bond donors (Lipinski definition) is 0. The molecule has 6 heteroatoms. The van der Waals surface area contributed by atoms with Crippen LogP contribution in [-0.4, -0.2) is 37.2 Å². The molecule has 0 aliphatic heterocycles. The van der Waals surface area contributed by atoms with Gasteiger partial charge in [-0.15, -0.1) is 0 Å². The molecule has 0 saturated carbocycles. The summed E-state index contributed by atoms with van der Waals surface area (Å²) in [5, 5.41) is 0. The number of rotatable bonds is 64. The third-order valence-corrected chi connectivity index (χ3v) is 15.6. The summed E-state index contributed by atoms with van der Waals surface area (Å²) >= 11 is 0. The summed E-state index contributed by atoms with van der Waals surface area (Å²) in [4.78, 5) is 38.4. The Hall–Kier alpha value is -2.63. The summed E-state index contributed by atoms with van der Waals surface area (Å²) in [6.07, 6.45) is 84.3. The van der Waals surface area contributed by atoms with E-state index in [0.717, 1.165) is 96.3 Å². The molecule has 0 aliphatic rings. The molecule has 0 radical (unpaired) electrons. The number of hydrogen-bond acceptors (Lipinski definition) is 6. The van der Waals surface area contributed by atoms with Gasteiger partial charge >= 0.3 is 17.9 Å². The zero-order valence-electron chi connectivity index (χ0n) is 52.5. The summed E-state index contributed by atoms with van der Waals surface area (Å²) in [6, 6.07) is 0. The molecule has 0 aliphatic carbocycles. The largest absolute Gasteiger partial charge is 0.462 e. The number of esters is 3. The van der Waals surface area contributed by atoms with Crippen molar-refractivity contribution >= 4 is 17.9 Å². The van der Waals surface area contributed by atoms with Gasteiger partial charge in [-0.3, -0.25) is 14.4 Å². The van der Waals surface area contributed by atoms with E-state index in [4.69, 9.17) is 14.2 Å². The van der Waals surface area contributed by atoms with Crippen molar-refractivity contribution in [2.75, 3.05) is 13.2 Å². The predicted molar refractivity (Wildman–Crippen MR) is 339 cm³/mol. The third-order valence-electron chi connectivity index (χ3n) is 15.6. The first kappa shape index (κ1) is 75.4. The van der Waals surface area contributed by atoms with Gasteiger partial charge in [-0.05, 0) is 77.0 Å². The second-order valence-corrected chi connectivity index (χ2v) is 23.4. The molecular formula is C72H132O6. The van der Waals surface area contributed by atoms with Gasteiger partial charge < -0.3 is 14.2 Å². The van der Waals surface area contributed by atoms with Crippen molar-refractivity contribution in [3.8, 4) is 0 Å². The van der Waals surface area contributed by atoms with Crippen LogP contribution in [0, 0.1) is 0 Å². The van der Waals surface area contributed by atoms with E-state index in [1.165, 1.54) is 238 Å². The highest BCUT2D eigenvalue weighted by Gasteiger charge is 2.19. The highest BCUT2D eigenvalue weighted by molar-refractivity contribution is 5.71. The molecule has 0 saturated heterocycles. The minimum absolute atomic E-state index is 0.0755. The maximum absolute atomic E-state index is 12.9. The molecule has 0 amide bonds. The molecule has 0 aromatic heterocycles. The molecule has 0 bridgehead atoms. The smallest absolute Gasteiger partial charge is 0.306 e. The number of carbonyl (C=O) groups is 3. The van der Waals surface area contributed by atoms with E-state index in [9.17, 15) is 14.4 Å². The molecule has 1 atom stereocenters. The Morgan fingerprint density at radius 3 is 0.795 bits per heavy atom. The van der Waals surface area contributed by atoms with E-state index >= 15 is 0 Å². The van der Waals surface area contributed by atoms with E-state index < -0.39 is 6.10 Å². The number of carbonyl (C=O) groups excluding carboxylic acids is 3. The van der Waals surface area contributed by atoms with Crippen LogP contribution in [0.3, 0.4) is 0 Å². The lowest BCUT2D eigenvalue weighted by Crippen LogP contribution is -2.30. The van der Waals surface area contributed by atoms with E-state index in [0.29, 0.717) is 19.3 Å². The number of unbranched alkanes of at least 4 members (excludes halogenated alkanes) is 45. The first-order chi connectivity index (χ1) is 38.5. The molecule has 0 rings (SSSR count). The van der Waals surface area contributed by atoms with E-state index in [1.807, 2.05) is 0 Å². The minimum atomic E-state index is -0.781. The Bertz CT molecular complexity index is 1350. The van der Waals surface area contributed by atoms with Gasteiger partial charge in [-0.2, -0.15) is 0 Å². The maximum Gasteiger partial charge on any atom is 0.306 e. The molecular weight excluding hydrogens is 961 g/mol. The second-order valence-electron chi connectivity index (χ2n) is 23.4. The molecule has 0 heterocycles. The van der Waals surface area contributed by atoms with Gasteiger partial charge in [-0.1, -0.05) is 326 Å². The third kappa shape index (κ3) is 64.2. The Kier molecular flexibility index (Phi) is 64.6. The summed E-state index contributed by atoms with van der Waals surface area (Å²) in [5.74, 6) is -0.871. The monoisotopic (exact) mass is 1090 g/mol. The average molecular weight is 1090 g/mol. The van der Waals surface area contributed by atoms with Crippen LogP contribution in [0.1, 0.15) is 374 Å². The topological polar surface area (TPSA) is 78.9 Å². The van der Waals surface area contributed by atoms with Crippen LogP contribution in [-0.2, 0) is 28.6 Å². The molecule has 1 unspecified atom stereocenters. The van der Waals surface area contributed by atoms with Crippen LogP contribution in [0.5, 0.6) is 0 Å². The molecule has 456 valence electrons. The fourth-order valence-electron chi connectivity index (χ4n) is 10.4.